The van der Waals surface area contributed by atoms with Crippen LogP contribution in [0.1, 0.15) is 12.5 Å². The van der Waals surface area contributed by atoms with Gasteiger partial charge in [0.25, 0.3) is 0 Å². The lowest BCUT2D eigenvalue weighted by atomic mass is 10.2. The Morgan fingerprint density at radius 3 is 2.44 bits per heavy atom. The first-order valence-corrected chi connectivity index (χ1v) is 8.62. The molecule has 138 valence electrons. The van der Waals surface area contributed by atoms with Gasteiger partial charge in [-0.3, -0.25) is 9.59 Å². The summed E-state index contributed by atoms with van der Waals surface area (Å²) in [5.74, 6) is -1.03. The molecule has 1 N–H and O–H groups in total. The molecule has 25 heavy (non-hydrogen) atoms. The van der Waals surface area contributed by atoms with Gasteiger partial charge in [-0.15, -0.1) is 18.3 Å². The van der Waals surface area contributed by atoms with Crippen molar-refractivity contribution in [1.82, 2.24) is 4.90 Å². The van der Waals surface area contributed by atoms with Crippen LogP contribution in [-0.2, 0) is 9.59 Å². The summed E-state index contributed by atoms with van der Waals surface area (Å²) in [5.41, 5.74) is 1.68. The SMILES string of the molecule is C=CCN(CC(F)(F)F)C(=O)C(C)SCC(=O)Nc1ccc(C)cc1. The molecule has 0 bridgehead atoms. The van der Waals surface area contributed by atoms with Crippen molar-refractivity contribution in [2.75, 3.05) is 24.2 Å². The molecule has 0 fully saturated rings. The quantitative estimate of drug-likeness (QED) is 0.707. The number of halogens is 3. The number of rotatable bonds is 8. The molecule has 0 saturated heterocycles. The van der Waals surface area contributed by atoms with E-state index in [1.165, 1.54) is 13.0 Å². The number of benzene rings is 1. The fraction of sp³-hybridized carbons (Fsp3) is 0.412. The van der Waals surface area contributed by atoms with E-state index in [4.69, 9.17) is 0 Å². The van der Waals surface area contributed by atoms with E-state index < -0.39 is 23.9 Å². The van der Waals surface area contributed by atoms with Crippen molar-refractivity contribution in [1.29, 1.82) is 0 Å². The van der Waals surface area contributed by atoms with E-state index in [1.54, 1.807) is 12.1 Å². The zero-order valence-electron chi connectivity index (χ0n) is 14.1. The maximum atomic E-state index is 12.5. The van der Waals surface area contributed by atoms with E-state index in [1.807, 2.05) is 19.1 Å². The molecule has 0 aliphatic rings. The van der Waals surface area contributed by atoms with E-state index in [2.05, 4.69) is 11.9 Å². The second kappa shape index (κ2) is 9.50. The van der Waals surface area contributed by atoms with Gasteiger partial charge in [-0.25, -0.2) is 0 Å². The van der Waals surface area contributed by atoms with Gasteiger partial charge in [-0.2, -0.15) is 13.2 Å². The van der Waals surface area contributed by atoms with Crippen molar-refractivity contribution in [3.63, 3.8) is 0 Å². The van der Waals surface area contributed by atoms with Gasteiger partial charge in [0, 0.05) is 12.2 Å². The normalized spacial score (nSPS) is 12.4. The van der Waals surface area contributed by atoms with E-state index in [9.17, 15) is 22.8 Å². The minimum atomic E-state index is -4.48. The van der Waals surface area contributed by atoms with E-state index in [0.717, 1.165) is 17.3 Å². The van der Waals surface area contributed by atoms with Crippen molar-refractivity contribution >= 4 is 29.3 Å². The van der Waals surface area contributed by atoms with Crippen LogP contribution in [0, 0.1) is 6.92 Å². The molecule has 0 heterocycles. The number of carbonyl (C=O) groups is 2. The van der Waals surface area contributed by atoms with Gasteiger partial charge in [-0.05, 0) is 26.0 Å². The third-order valence-electron chi connectivity index (χ3n) is 3.18. The highest BCUT2D eigenvalue weighted by Crippen LogP contribution is 2.20. The molecule has 0 aromatic heterocycles. The Hall–Kier alpha value is -1.96. The van der Waals surface area contributed by atoms with E-state index >= 15 is 0 Å². The third kappa shape index (κ3) is 8.11. The molecular formula is C17H21F3N2O2S. The summed E-state index contributed by atoms with van der Waals surface area (Å²) >= 11 is 0.990. The van der Waals surface area contributed by atoms with E-state index in [-0.39, 0.29) is 18.2 Å². The van der Waals surface area contributed by atoms with Gasteiger partial charge >= 0.3 is 6.18 Å². The van der Waals surface area contributed by atoms with Crippen LogP contribution in [0.2, 0.25) is 0 Å². The molecule has 8 heteroatoms. The average molecular weight is 374 g/mol. The molecule has 0 saturated carbocycles. The lowest BCUT2D eigenvalue weighted by Gasteiger charge is -2.25. The van der Waals surface area contributed by atoms with Crippen LogP contribution in [0.5, 0.6) is 0 Å². The minimum absolute atomic E-state index is 0.0330. The summed E-state index contributed by atoms with van der Waals surface area (Å²) in [5, 5.41) is 1.90. The topological polar surface area (TPSA) is 49.4 Å². The van der Waals surface area contributed by atoms with Gasteiger partial charge in [0.1, 0.15) is 6.54 Å². The predicted molar refractivity (Wildman–Crippen MR) is 94.6 cm³/mol. The third-order valence-corrected chi connectivity index (χ3v) is 4.31. The molecule has 0 aliphatic carbocycles. The number of hydrogen-bond acceptors (Lipinski definition) is 3. The minimum Gasteiger partial charge on any atom is -0.329 e. The molecule has 1 unspecified atom stereocenters. The first kappa shape index (κ1) is 21.1. The highest BCUT2D eigenvalue weighted by atomic mass is 32.2. The number of alkyl halides is 3. The fourth-order valence-corrected chi connectivity index (χ4v) is 2.73. The summed E-state index contributed by atoms with van der Waals surface area (Å²) in [6, 6.07) is 7.20. The fourth-order valence-electron chi connectivity index (χ4n) is 1.97. The van der Waals surface area contributed by atoms with Crippen LogP contribution in [0.25, 0.3) is 0 Å². The zero-order valence-corrected chi connectivity index (χ0v) is 14.9. The second-order valence-electron chi connectivity index (χ2n) is 5.49. The molecule has 1 atom stereocenters. The van der Waals surface area contributed by atoms with Crippen LogP contribution in [-0.4, -0.2) is 47.0 Å². The summed E-state index contributed by atoms with van der Waals surface area (Å²) in [6.07, 6.45) is -3.24. The Morgan fingerprint density at radius 2 is 1.92 bits per heavy atom. The molecule has 0 radical (unpaired) electrons. The highest BCUT2D eigenvalue weighted by molar-refractivity contribution is 8.01. The molecule has 1 aromatic carbocycles. The Morgan fingerprint density at radius 1 is 1.32 bits per heavy atom. The van der Waals surface area contributed by atoms with Crippen LogP contribution in [0.3, 0.4) is 0 Å². The number of aryl methyl sites for hydroxylation is 1. The average Bonchev–Trinajstić information content (AvgIpc) is 2.52. The Bertz CT molecular complexity index is 603. The van der Waals surface area contributed by atoms with Crippen molar-refractivity contribution in [3.8, 4) is 0 Å². The number of hydrogen-bond donors (Lipinski definition) is 1. The smallest absolute Gasteiger partial charge is 0.329 e. The summed E-state index contributed by atoms with van der Waals surface area (Å²) < 4.78 is 37.6. The predicted octanol–water partition coefficient (Wildman–Crippen LogP) is 3.63. The Balaban J connectivity index is 2.53. The number of thioether (sulfide) groups is 1. The van der Waals surface area contributed by atoms with Crippen molar-refractivity contribution in [2.45, 2.75) is 25.3 Å². The summed E-state index contributed by atoms with van der Waals surface area (Å²) in [4.78, 5) is 24.7. The second-order valence-corrected chi connectivity index (χ2v) is 6.82. The number of anilines is 1. The van der Waals surface area contributed by atoms with Crippen LogP contribution in [0.4, 0.5) is 18.9 Å². The maximum absolute atomic E-state index is 12.5. The molecule has 0 aliphatic heterocycles. The van der Waals surface area contributed by atoms with Crippen LogP contribution < -0.4 is 5.32 Å². The van der Waals surface area contributed by atoms with E-state index in [0.29, 0.717) is 10.6 Å². The standard InChI is InChI=1S/C17H21F3N2O2S/c1-4-9-22(11-17(18,19)20)16(24)13(3)25-10-15(23)21-14-7-5-12(2)6-8-14/h4-8,13H,1,9-11H2,2-3H3,(H,21,23). The highest BCUT2D eigenvalue weighted by Gasteiger charge is 2.34. The molecule has 2 amide bonds. The first-order chi connectivity index (χ1) is 11.6. The first-order valence-electron chi connectivity index (χ1n) is 7.57. The maximum Gasteiger partial charge on any atom is 0.406 e. The Kier molecular flexibility index (Phi) is 8.02. The molecule has 4 nitrogen and oxygen atoms in total. The summed E-state index contributed by atoms with van der Waals surface area (Å²) in [6.45, 7) is 5.24. The summed E-state index contributed by atoms with van der Waals surface area (Å²) in [7, 11) is 0. The number of nitrogens with one attached hydrogen (secondary N) is 1. The van der Waals surface area contributed by atoms with Crippen LogP contribution in [0.15, 0.2) is 36.9 Å². The monoisotopic (exact) mass is 374 g/mol. The Labute approximate surface area is 149 Å². The van der Waals surface area contributed by atoms with Gasteiger partial charge in [0.15, 0.2) is 0 Å². The lowest BCUT2D eigenvalue weighted by molar-refractivity contribution is -0.159. The molecule has 1 aromatic rings. The number of nitrogens with zero attached hydrogens (tertiary/aromatic N) is 1. The van der Waals surface area contributed by atoms with Gasteiger partial charge < -0.3 is 10.2 Å². The number of carbonyl (C=O) groups excluding carboxylic acids is 2. The van der Waals surface area contributed by atoms with Crippen molar-refractivity contribution < 1.29 is 22.8 Å². The lowest BCUT2D eigenvalue weighted by Crippen LogP contribution is -2.42. The van der Waals surface area contributed by atoms with Crippen molar-refractivity contribution in [3.05, 3.63) is 42.5 Å². The molecule has 1 rings (SSSR count). The van der Waals surface area contributed by atoms with Crippen molar-refractivity contribution in [2.24, 2.45) is 0 Å². The van der Waals surface area contributed by atoms with Crippen LogP contribution >= 0.6 is 11.8 Å². The largest absolute Gasteiger partial charge is 0.406 e. The molecular weight excluding hydrogens is 353 g/mol. The van der Waals surface area contributed by atoms with Gasteiger partial charge in [0.05, 0.1) is 11.0 Å². The van der Waals surface area contributed by atoms with Gasteiger partial charge in [0.2, 0.25) is 11.8 Å². The molecule has 0 spiro atoms. The number of amides is 2. The zero-order chi connectivity index (χ0) is 19.0. The van der Waals surface area contributed by atoms with Gasteiger partial charge in [-0.1, -0.05) is 23.8 Å².